The molecule has 2 rings (SSSR count). The van der Waals surface area contributed by atoms with Crippen LogP contribution in [0.4, 0.5) is 5.69 Å². The van der Waals surface area contributed by atoms with E-state index in [9.17, 15) is 0 Å². The van der Waals surface area contributed by atoms with Crippen LogP contribution in [0.15, 0.2) is 24.3 Å². The molecule has 1 aromatic carbocycles. The summed E-state index contributed by atoms with van der Waals surface area (Å²) in [6, 6.07) is 8.38. The van der Waals surface area contributed by atoms with Gasteiger partial charge in [0.25, 0.3) is 0 Å². The molecular weight excluding hydrogens is 186 g/mol. The van der Waals surface area contributed by atoms with Crippen LogP contribution in [0, 0.1) is 5.92 Å². The summed E-state index contributed by atoms with van der Waals surface area (Å²) in [5.41, 5.74) is 2.48. The highest BCUT2D eigenvalue weighted by Crippen LogP contribution is 2.27. The fourth-order valence-electron chi connectivity index (χ4n) is 1.93. The highest BCUT2D eigenvalue weighted by Gasteiger charge is 2.16. The Kier molecular flexibility index (Phi) is 3.62. The van der Waals surface area contributed by atoms with E-state index in [2.05, 4.69) is 29.6 Å². The van der Waals surface area contributed by atoms with Crippen LogP contribution >= 0.6 is 0 Å². The first-order valence-corrected chi connectivity index (χ1v) is 5.71. The molecule has 0 heterocycles. The molecule has 1 fully saturated rings. The third-order valence-corrected chi connectivity index (χ3v) is 3.12. The van der Waals surface area contributed by atoms with Crippen LogP contribution in [0.3, 0.4) is 0 Å². The molecule has 0 aliphatic heterocycles. The summed E-state index contributed by atoms with van der Waals surface area (Å²) in [5, 5.41) is 3.52. The second-order valence-corrected chi connectivity index (χ2v) is 4.27. The molecule has 82 valence electrons. The maximum Gasteiger partial charge on any atom is 0.0733 e. The van der Waals surface area contributed by atoms with Crippen LogP contribution in [-0.2, 0) is 11.3 Å². The average molecular weight is 205 g/mol. The summed E-state index contributed by atoms with van der Waals surface area (Å²) in [7, 11) is 1.74. The van der Waals surface area contributed by atoms with E-state index in [1.165, 1.54) is 30.5 Å². The largest absolute Gasteiger partial charge is 0.384 e. The summed E-state index contributed by atoms with van der Waals surface area (Å²) in [6.07, 6.45) is 4.19. The molecule has 1 aromatic rings. The third kappa shape index (κ3) is 2.72. The minimum atomic E-state index is 0.688. The number of benzene rings is 1. The van der Waals surface area contributed by atoms with E-state index in [0.717, 1.165) is 12.5 Å². The molecular formula is C13H19NO. The molecule has 0 unspecified atom stereocenters. The molecule has 0 atom stereocenters. The quantitative estimate of drug-likeness (QED) is 0.797. The van der Waals surface area contributed by atoms with Crippen LogP contribution in [-0.4, -0.2) is 13.7 Å². The van der Waals surface area contributed by atoms with Crippen molar-refractivity contribution in [3.05, 3.63) is 29.8 Å². The van der Waals surface area contributed by atoms with E-state index in [0.29, 0.717) is 6.61 Å². The second-order valence-electron chi connectivity index (χ2n) is 4.27. The number of rotatable bonds is 5. The smallest absolute Gasteiger partial charge is 0.0733 e. The minimum Gasteiger partial charge on any atom is -0.384 e. The Balaban J connectivity index is 1.92. The van der Waals surface area contributed by atoms with E-state index in [1.54, 1.807) is 7.11 Å². The van der Waals surface area contributed by atoms with Crippen molar-refractivity contribution in [2.75, 3.05) is 19.0 Å². The first-order valence-electron chi connectivity index (χ1n) is 5.71. The van der Waals surface area contributed by atoms with Gasteiger partial charge in [-0.1, -0.05) is 24.6 Å². The van der Waals surface area contributed by atoms with E-state index < -0.39 is 0 Å². The zero-order valence-electron chi connectivity index (χ0n) is 9.33. The first-order chi connectivity index (χ1) is 7.40. The normalized spacial score (nSPS) is 16.1. The van der Waals surface area contributed by atoms with Crippen LogP contribution in [0.1, 0.15) is 24.8 Å². The number of ether oxygens (including phenoxy) is 1. The van der Waals surface area contributed by atoms with Gasteiger partial charge in [-0.05, 0) is 24.8 Å². The van der Waals surface area contributed by atoms with E-state index in [1.807, 2.05) is 0 Å². The highest BCUT2D eigenvalue weighted by molar-refractivity contribution is 5.50. The molecule has 0 bridgehead atoms. The lowest BCUT2D eigenvalue weighted by Gasteiger charge is -2.26. The second kappa shape index (κ2) is 5.17. The Morgan fingerprint density at radius 1 is 1.33 bits per heavy atom. The van der Waals surface area contributed by atoms with Crippen molar-refractivity contribution in [2.24, 2.45) is 5.92 Å². The van der Waals surface area contributed by atoms with E-state index in [4.69, 9.17) is 4.74 Å². The molecule has 1 aliphatic carbocycles. The summed E-state index contributed by atoms with van der Waals surface area (Å²) >= 11 is 0. The van der Waals surface area contributed by atoms with Crippen molar-refractivity contribution in [3.63, 3.8) is 0 Å². The number of hydrogen-bond donors (Lipinski definition) is 1. The SMILES string of the molecule is COCc1ccccc1NCC1CCC1. The Bertz CT molecular complexity index is 307. The molecule has 0 amide bonds. The van der Waals surface area contributed by atoms with Gasteiger partial charge in [-0.3, -0.25) is 0 Å². The molecule has 1 saturated carbocycles. The fourth-order valence-corrected chi connectivity index (χ4v) is 1.93. The Labute approximate surface area is 91.6 Å². The third-order valence-electron chi connectivity index (χ3n) is 3.12. The van der Waals surface area contributed by atoms with Crippen molar-refractivity contribution in [2.45, 2.75) is 25.9 Å². The number of hydrogen-bond acceptors (Lipinski definition) is 2. The molecule has 0 saturated heterocycles. The summed E-state index contributed by atoms with van der Waals surface area (Å²) < 4.78 is 5.18. The molecule has 0 aromatic heterocycles. The Morgan fingerprint density at radius 3 is 2.80 bits per heavy atom. The van der Waals surface area contributed by atoms with Gasteiger partial charge >= 0.3 is 0 Å². The van der Waals surface area contributed by atoms with E-state index >= 15 is 0 Å². The van der Waals surface area contributed by atoms with E-state index in [-0.39, 0.29) is 0 Å². The van der Waals surface area contributed by atoms with Gasteiger partial charge in [0.15, 0.2) is 0 Å². The van der Waals surface area contributed by atoms with Gasteiger partial charge in [-0.15, -0.1) is 0 Å². The number of anilines is 1. The van der Waals surface area contributed by atoms with Gasteiger partial charge in [-0.2, -0.15) is 0 Å². The zero-order chi connectivity index (χ0) is 10.5. The zero-order valence-corrected chi connectivity index (χ0v) is 9.33. The van der Waals surface area contributed by atoms with Crippen molar-refractivity contribution in [3.8, 4) is 0 Å². The lowest BCUT2D eigenvalue weighted by molar-refractivity contribution is 0.185. The topological polar surface area (TPSA) is 21.3 Å². The molecule has 0 radical (unpaired) electrons. The Hall–Kier alpha value is -1.02. The monoisotopic (exact) mass is 205 g/mol. The maximum atomic E-state index is 5.18. The molecule has 0 spiro atoms. The van der Waals surface area contributed by atoms with Crippen molar-refractivity contribution < 1.29 is 4.74 Å². The van der Waals surface area contributed by atoms with Gasteiger partial charge in [0, 0.05) is 24.9 Å². The molecule has 1 N–H and O–H groups in total. The number of nitrogens with one attached hydrogen (secondary N) is 1. The lowest BCUT2D eigenvalue weighted by Crippen LogP contribution is -2.21. The predicted molar refractivity (Wildman–Crippen MR) is 63.0 cm³/mol. The van der Waals surface area contributed by atoms with Gasteiger partial charge in [0.2, 0.25) is 0 Å². The fraction of sp³-hybridized carbons (Fsp3) is 0.538. The Morgan fingerprint density at radius 2 is 2.13 bits per heavy atom. The van der Waals surface area contributed by atoms with Crippen molar-refractivity contribution >= 4 is 5.69 Å². The summed E-state index contributed by atoms with van der Waals surface area (Å²) in [4.78, 5) is 0. The lowest BCUT2D eigenvalue weighted by atomic mass is 9.85. The van der Waals surface area contributed by atoms with Crippen molar-refractivity contribution in [1.29, 1.82) is 0 Å². The highest BCUT2D eigenvalue weighted by atomic mass is 16.5. The molecule has 2 nitrogen and oxygen atoms in total. The van der Waals surface area contributed by atoms with Crippen LogP contribution in [0.5, 0.6) is 0 Å². The van der Waals surface area contributed by atoms with Gasteiger partial charge < -0.3 is 10.1 Å². The minimum absolute atomic E-state index is 0.688. The maximum absolute atomic E-state index is 5.18. The summed E-state index contributed by atoms with van der Waals surface area (Å²) in [6.45, 7) is 1.80. The van der Waals surface area contributed by atoms with Crippen LogP contribution < -0.4 is 5.32 Å². The molecule has 2 heteroatoms. The molecule has 15 heavy (non-hydrogen) atoms. The average Bonchev–Trinajstić information content (AvgIpc) is 2.18. The summed E-state index contributed by atoms with van der Waals surface area (Å²) in [5.74, 6) is 0.889. The van der Waals surface area contributed by atoms with Crippen LogP contribution in [0.25, 0.3) is 0 Å². The number of para-hydroxylation sites is 1. The first kappa shape index (κ1) is 10.5. The van der Waals surface area contributed by atoms with Gasteiger partial charge in [-0.25, -0.2) is 0 Å². The predicted octanol–water partition coefficient (Wildman–Crippen LogP) is 3.05. The van der Waals surface area contributed by atoms with Gasteiger partial charge in [0.05, 0.1) is 6.61 Å². The van der Waals surface area contributed by atoms with Gasteiger partial charge in [0.1, 0.15) is 0 Å². The van der Waals surface area contributed by atoms with Crippen LogP contribution in [0.2, 0.25) is 0 Å². The molecule has 1 aliphatic rings. The van der Waals surface area contributed by atoms with Crippen molar-refractivity contribution in [1.82, 2.24) is 0 Å². The number of methoxy groups -OCH3 is 1. The standard InChI is InChI=1S/C13H19NO/c1-15-10-12-7-2-3-8-13(12)14-9-11-5-4-6-11/h2-3,7-8,11,14H,4-6,9-10H2,1H3.